The van der Waals surface area contributed by atoms with Crippen LogP contribution in [-0.4, -0.2) is 36.7 Å². The SMILES string of the molecule is CCC(C)(C(NN)c1ccc(C)c(C)c1)N1CCOCC1. The van der Waals surface area contributed by atoms with Crippen molar-refractivity contribution in [1.82, 2.24) is 10.3 Å². The molecule has 1 heterocycles. The number of aryl methyl sites for hydroxylation is 2. The molecule has 2 unspecified atom stereocenters. The average molecular weight is 291 g/mol. The maximum Gasteiger partial charge on any atom is 0.0641 e. The van der Waals surface area contributed by atoms with Gasteiger partial charge in [0, 0.05) is 18.6 Å². The number of nitrogens with two attached hydrogens (primary N) is 1. The van der Waals surface area contributed by atoms with Crippen LogP contribution in [0.3, 0.4) is 0 Å². The summed E-state index contributed by atoms with van der Waals surface area (Å²) < 4.78 is 5.50. The molecule has 4 nitrogen and oxygen atoms in total. The van der Waals surface area contributed by atoms with Crippen LogP contribution >= 0.6 is 0 Å². The Bertz CT molecular complexity index is 471. The van der Waals surface area contributed by atoms with E-state index >= 15 is 0 Å². The lowest BCUT2D eigenvalue weighted by molar-refractivity contribution is -0.0329. The zero-order valence-electron chi connectivity index (χ0n) is 13.8. The first-order chi connectivity index (χ1) is 10.0. The molecule has 0 radical (unpaired) electrons. The van der Waals surface area contributed by atoms with E-state index in [0.717, 1.165) is 32.7 Å². The summed E-state index contributed by atoms with van der Waals surface area (Å²) in [5.41, 5.74) is 6.95. The van der Waals surface area contributed by atoms with Crippen LogP contribution in [0.5, 0.6) is 0 Å². The Morgan fingerprint density at radius 3 is 2.48 bits per heavy atom. The highest BCUT2D eigenvalue weighted by molar-refractivity contribution is 5.33. The van der Waals surface area contributed by atoms with Crippen molar-refractivity contribution in [2.24, 2.45) is 5.84 Å². The second-order valence-electron chi connectivity index (χ2n) is 6.25. The van der Waals surface area contributed by atoms with Gasteiger partial charge in [-0.05, 0) is 43.9 Å². The number of morpholine rings is 1. The normalized spacial score (nSPS) is 21.0. The molecule has 0 amide bonds. The van der Waals surface area contributed by atoms with E-state index < -0.39 is 0 Å². The number of hydrazine groups is 1. The predicted octanol–water partition coefficient (Wildman–Crippen LogP) is 2.31. The summed E-state index contributed by atoms with van der Waals surface area (Å²) in [6.07, 6.45) is 1.04. The Kier molecular flexibility index (Phi) is 5.38. The highest BCUT2D eigenvalue weighted by Gasteiger charge is 2.39. The van der Waals surface area contributed by atoms with Crippen molar-refractivity contribution in [3.8, 4) is 0 Å². The fourth-order valence-electron chi connectivity index (χ4n) is 3.26. The van der Waals surface area contributed by atoms with Gasteiger partial charge in [-0.1, -0.05) is 25.1 Å². The molecule has 118 valence electrons. The average Bonchev–Trinajstić information content (AvgIpc) is 2.52. The van der Waals surface area contributed by atoms with E-state index in [0.29, 0.717) is 0 Å². The van der Waals surface area contributed by atoms with Crippen LogP contribution in [0, 0.1) is 13.8 Å². The second-order valence-corrected chi connectivity index (χ2v) is 6.25. The van der Waals surface area contributed by atoms with Gasteiger partial charge in [0.2, 0.25) is 0 Å². The van der Waals surface area contributed by atoms with E-state index in [4.69, 9.17) is 10.6 Å². The van der Waals surface area contributed by atoms with Crippen molar-refractivity contribution in [3.63, 3.8) is 0 Å². The van der Waals surface area contributed by atoms with Crippen LogP contribution in [-0.2, 0) is 4.74 Å². The smallest absolute Gasteiger partial charge is 0.0641 e. The van der Waals surface area contributed by atoms with E-state index in [1.807, 2.05) is 0 Å². The van der Waals surface area contributed by atoms with Crippen LogP contribution in [0.4, 0.5) is 0 Å². The maximum atomic E-state index is 5.95. The number of benzene rings is 1. The first kappa shape index (κ1) is 16.4. The summed E-state index contributed by atoms with van der Waals surface area (Å²) in [5.74, 6) is 5.95. The first-order valence-electron chi connectivity index (χ1n) is 7.89. The van der Waals surface area contributed by atoms with Crippen molar-refractivity contribution >= 4 is 0 Å². The topological polar surface area (TPSA) is 50.5 Å². The molecule has 0 aliphatic carbocycles. The van der Waals surface area contributed by atoms with Gasteiger partial charge >= 0.3 is 0 Å². The predicted molar refractivity (Wildman–Crippen MR) is 87.1 cm³/mol. The van der Waals surface area contributed by atoms with Gasteiger partial charge in [-0.2, -0.15) is 0 Å². The van der Waals surface area contributed by atoms with Crippen molar-refractivity contribution in [1.29, 1.82) is 0 Å². The van der Waals surface area contributed by atoms with E-state index in [2.05, 4.69) is 56.2 Å². The van der Waals surface area contributed by atoms with Crippen LogP contribution < -0.4 is 11.3 Å². The molecule has 1 aromatic carbocycles. The Labute approximate surface area is 128 Å². The molecule has 4 heteroatoms. The Balaban J connectivity index is 2.33. The molecule has 0 aromatic heterocycles. The standard InChI is InChI=1S/C17H29N3O/c1-5-17(4,20-8-10-21-11-9-20)16(19-18)15-7-6-13(2)14(3)12-15/h6-7,12,16,19H,5,8-11,18H2,1-4H3. The molecule has 2 rings (SSSR count). The van der Waals surface area contributed by atoms with E-state index in [1.54, 1.807) is 0 Å². The lowest BCUT2D eigenvalue weighted by Gasteiger charge is -2.47. The van der Waals surface area contributed by atoms with Crippen molar-refractivity contribution < 1.29 is 4.74 Å². The largest absolute Gasteiger partial charge is 0.379 e. The van der Waals surface area contributed by atoms with Gasteiger partial charge < -0.3 is 4.74 Å². The van der Waals surface area contributed by atoms with Gasteiger partial charge in [-0.15, -0.1) is 0 Å². The highest BCUT2D eigenvalue weighted by atomic mass is 16.5. The van der Waals surface area contributed by atoms with Crippen molar-refractivity contribution in [3.05, 3.63) is 34.9 Å². The molecule has 1 saturated heterocycles. The van der Waals surface area contributed by atoms with E-state index in [-0.39, 0.29) is 11.6 Å². The quantitative estimate of drug-likeness (QED) is 0.646. The van der Waals surface area contributed by atoms with Crippen LogP contribution in [0.15, 0.2) is 18.2 Å². The minimum atomic E-state index is -0.0137. The van der Waals surface area contributed by atoms with Gasteiger partial charge in [0.15, 0.2) is 0 Å². The number of nitrogens with one attached hydrogen (secondary N) is 1. The Morgan fingerprint density at radius 2 is 1.95 bits per heavy atom. The molecule has 1 aromatic rings. The molecule has 1 aliphatic rings. The monoisotopic (exact) mass is 291 g/mol. The number of hydrogen-bond acceptors (Lipinski definition) is 4. The number of nitrogens with zero attached hydrogens (tertiary/aromatic N) is 1. The summed E-state index contributed by atoms with van der Waals surface area (Å²) >= 11 is 0. The molecule has 21 heavy (non-hydrogen) atoms. The molecule has 1 aliphatic heterocycles. The minimum Gasteiger partial charge on any atom is -0.379 e. The van der Waals surface area contributed by atoms with Crippen LogP contribution in [0.2, 0.25) is 0 Å². The highest BCUT2D eigenvalue weighted by Crippen LogP contribution is 2.35. The van der Waals surface area contributed by atoms with Gasteiger partial charge in [-0.3, -0.25) is 16.2 Å². The van der Waals surface area contributed by atoms with Gasteiger partial charge in [0.05, 0.1) is 19.3 Å². The third-order valence-corrected chi connectivity index (χ3v) is 5.10. The summed E-state index contributed by atoms with van der Waals surface area (Å²) in [6, 6.07) is 6.75. The molecule has 1 fully saturated rings. The lowest BCUT2D eigenvalue weighted by Crippen LogP contribution is -2.58. The number of rotatable bonds is 5. The van der Waals surface area contributed by atoms with Crippen molar-refractivity contribution in [2.75, 3.05) is 26.3 Å². The molecular weight excluding hydrogens is 262 g/mol. The summed E-state index contributed by atoms with van der Waals surface area (Å²) in [4.78, 5) is 2.51. The van der Waals surface area contributed by atoms with E-state index in [1.165, 1.54) is 16.7 Å². The van der Waals surface area contributed by atoms with Crippen LogP contribution in [0.1, 0.15) is 43.0 Å². The maximum absolute atomic E-state index is 5.95. The molecule has 0 bridgehead atoms. The third-order valence-electron chi connectivity index (χ3n) is 5.10. The zero-order chi connectivity index (χ0) is 15.5. The van der Waals surface area contributed by atoms with E-state index in [9.17, 15) is 0 Å². The number of ether oxygens (including phenoxy) is 1. The van der Waals surface area contributed by atoms with Gasteiger partial charge in [0.1, 0.15) is 0 Å². The Hall–Kier alpha value is -0.940. The second kappa shape index (κ2) is 6.88. The molecule has 2 atom stereocenters. The van der Waals surface area contributed by atoms with Gasteiger partial charge in [-0.25, -0.2) is 0 Å². The summed E-state index contributed by atoms with van der Waals surface area (Å²) in [5, 5.41) is 0. The minimum absolute atomic E-state index is 0.0137. The first-order valence-corrected chi connectivity index (χ1v) is 7.89. The summed E-state index contributed by atoms with van der Waals surface area (Å²) in [7, 11) is 0. The third kappa shape index (κ3) is 3.29. The lowest BCUT2D eigenvalue weighted by atomic mass is 9.82. The van der Waals surface area contributed by atoms with Crippen molar-refractivity contribution in [2.45, 2.75) is 45.7 Å². The molecule has 0 spiro atoms. The zero-order valence-corrected chi connectivity index (χ0v) is 13.8. The summed E-state index contributed by atoms with van der Waals surface area (Å²) in [6.45, 7) is 12.4. The molecule has 0 saturated carbocycles. The fraction of sp³-hybridized carbons (Fsp3) is 0.647. The van der Waals surface area contributed by atoms with Crippen LogP contribution in [0.25, 0.3) is 0 Å². The molecular formula is C17H29N3O. The molecule has 3 N–H and O–H groups in total. The fourth-order valence-corrected chi connectivity index (χ4v) is 3.26. The van der Waals surface area contributed by atoms with Gasteiger partial charge in [0.25, 0.3) is 0 Å². The Morgan fingerprint density at radius 1 is 1.29 bits per heavy atom. The number of hydrogen-bond donors (Lipinski definition) is 2.